The summed E-state index contributed by atoms with van der Waals surface area (Å²) in [6, 6.07) is 15.2. The van der Waals surface area contributed by atoms with Crippen LogP contribution in [-0.4, -0.2) is 35.8 Å². The van der Waals surface area contributed by atoms with Crippen molar-refractivity contribution >= 4 is 34.1 Å². The fraction of sp³-hybridized carbons (Fsp3) is 0.261. The summed E-state index contributed by atoms with van der Waals surface area (Å²) < 4.78 is 10.8. The first-order valence-corrected chi connectivity index (χ1v) is 10.1. The van der Waals surface area contributed by atoms with Gasteiger partial charge in [0.05, 0.1) is 31.5 Å². The Hall–Kier alpha value is -3.12. The maximum atomic E-state index is 12.7. The third kappa shape index (κ3) is 3.59. The summed E-state index contributed by atoms with van der Waals surface area (Å²) in [6.45, 7) is 1.83. The third-order valence-corrected chi connectivity index (χ3v) is 5.54. The van der Waals surface area contributed by atoms with E-state index in [2.05, 4.69) is 10.1 Å². The van der Waals surface area contributed by atoms with Crippen molar-refractivity contribution in [3.63, 3.8) is 0 Å². The van der Waals surface area contributed by atoms with Crippen LogP contribution in [0.5, 0.6) is 11.5 Å². The molecule has 2 aromatic carbocycles. The van der Waals surface area contributed by atoms with Crippen LogP contribution in [0.15, 0.2) is 53.6 Å². The fourth-order valence-corrected chi connectivity index (χ4v) is 3.95. The Kier molecular flexibility index (Phi) is 5.59. The van der Waals surface area contributed by atoms with Gasteiger partial charge < -0.3 is 9.47 Å². The van der Waals surface area contributed by atoms with Crippen LogP contribution in [0.25, 0.3) is 10.9 Å². The molecule has 7 heteroatoms. The number of rotatable bonds is 5. The molecule has 0 fully saturated rings. The minimum absolute atomic E-state index is 0.0607. The molecule has 154 valence electrons. The van der Waals surface area contributed by atoms with E-state index in [9.17, 15) is 4.79 Å². The maximum Gasteiger partial charge on any atom is 0.242 e. The van der Waals surface area contributed by atoms with Crippen LogP contribution in [0.4, 0.5) is 0 Å². The minimum Gasteiger partial charge on any atom is -0.493 e. The Labute approximate surface area is 180 Å². The van der Waals surface area contributed by atoms with Crippen LogP contribution < -0.4 is 9.47 Å². The highest BCUT2D eigenvalue weighted by Gasteiger charge is 2.34. The van der Waals surface area contributed by atoms with Crippen molar-refractivity contribution in [3.05, 3.63) is 64.8 Å². The number of hydrogen-bond donors (Lipinski definition) is 0. The fourth-order valence-electron chi connectivity index (χ4n) is 3.68. The van der Waals surface area contributed by atoms with Gasteiger partial charge in [-0.15, -0.1) is 0 Å². The second-order valence-corrected chi connectivity index (χ2v) is 7.35. The van der Waals surface area contributed by atoms with Gasteiger partial charge in [-0.05, 0) is 17.7 Å². The Bertz CT molecular complexity index is 1130. The molecule has 0 radical (unpaired) electrons. The topological polar surface area (TPSA) is 64.0 Å². The molecule has 0 aliphatic carbocycles. The minimum atomic E-state index is -0.315. The predicted molar refractivity (Wildman–Crippen MR) is 117 cm³/mol. The number of methoxy groups -OCH3 is 2. The molecule has 0 N–H and O–H groups in total. The van der Waals surface area contributed by atoms with Crippen molar-refractivity contribution < 1.29 is 14.3 Å². The van der Waals surface area contributed by atoms with Gasteiger partial charge in [-0.25, -0.2) is 9.99 Å². The highest BCUT2D eigenvalue weighted by molar-refractivity contribution is 6.30. The van der Waals surface area contributed by atoms with Gasteiger partial charge in [0.25, 0.3) is 0 Å². The van der Waals surface area contributed by atoms with Crippen molar-refractivity contribution in [1.82, 2.24) is 9.99 Å². The lowest BCUT2D eigenvalue weighted by Gasteiger charge is -2.22. The standard InChI is InChI=1S/C23H22ClN3O3/c1-4-22(28)27-19(12-18(26-27)14-8-6-5-7-9-14)16-10-15-11-20(29-2)21(30-3)13-17(15)25-23(16)24/h5-11,13,19H,4,12H2,1-3H3/t19-/m0/s1. The highest BCUT2D eigenvalue weighted by Crippen LogP contribution is 2.39. The van der Waals surface area contributed by atoms with Crippen molar-refractivity contribution in [2.45, 2.75) is 25.8 Å². The van der Waals surface area contributed by atoms with Crippen LogP contribution in [0.2, 0.25) is 5.15 Å². The van der Waals surface area contributed by atoms with Gasteiger partial charge in [0.1, 0.15) is 5.15 Å². The summed E-state index contributed by atoms with van der Waals surface area (Å²) in [5.74, 6) is 1.13. The first kappa shape index (κ1) is 20.2. The van der Waals surface area contributed by atoms with E-state index in [1.165, 1.54) is 5.01 Å². The molecule has 30 heavy (non-hydrogen) atoms. The second-order valence-electron chi connectivity index (χ2n) is 6.99. The zero-order valence-corrected chi connectivity index (χ0v) is 17.8. The van der Waals surface area contributed by atoms with Crippen molar-refractivity contribution in [1.29, 1.82) is 0 Å². The molecule has 0 unspecified atom stereocenters. The van der Waals surface area contributed by atoms with E-state index in [0.29, 0.717) is 35.0 Å². The number of amides is 1. The summed E-state index contributed by atoms with van der Waals surface area (Å²) in [7, 11) is 3.17. The summed E-state index contributed by atoms with van der Waals surface area (Å²) in [5, 5.41) is 7.37. The summed E-state index contributed by atoms with van der Waals surface area (Å²) in [5.41, 5.74) is 3.29. The number of aromatic nitrogens is 1. The molecule has 0 saturated heterocycles. The molecule has 1 aliphatic heterocycles. The van der Waals surface area contributed by atoms with Crippen LogP contribution in [-0.2, 0) is 4.79 Å². The van der Waals surface area contributed by atoms with Gasteiger partial charge in [-0.1, -0.05) is 48.9 Å². The Balaban J connectivity index is 1.79. The summed E-state index contributed by atoms with van der Waals surface area (Å²) in [4.78, 5) is 17.2. The largest absolute Gasteiger partial charge is 0.493 e. The van der Waals surface area contributed by atoms with E-state index in [-0.39, 0.29) is 11.9 Å². The predicted octanol–water partition coefficient (Wildman–Crippen LogP) is 4.99. The van der Waals surface area contributed by atoms with Crippen LogP contribution >= 0.6 is 11.6 Å². The lowest BCUT2D eigenvalue weighted by molar-refractivity contribution is -0.132. The van der Waals surface area contributed by atoms with Gasteiger partial charge in [0.15, 0.2) is 11.5 Å². The second kappa shape index (κ2) is 8.32. The van der Waals surface area contributed by atoms with E-state index < -0.39 is 0 Å². The smallest absolute Gasteiger partial charge is 0.242 e. The van der Waals surface area contributed by atoms with Gasteiger partial charge in [-0.2, -0.15) is 5.10 Å². The lowest BCUT2D eigenvalue weighted by atomic mass is 9.98. The van der Waals surface area contributed by atoms with Gasteiger partial charge in [0.2, 0.25) is 5.91 Å². The number of pyridine rings is 1. The quantitative estimate of drug-likeness (QED) is 0.542. The highest BCUT2D eigenvalue weighted by atomic mass is 35.5. The molecule has 2 heterocycles. The van der Waals surface area contributed by atoms with E-state index in [1.807, 2.05) is 49.4 Å². The number of carbonyl (C=O) groups excluding carboxylic acids is 1. The normalized spacial score (nSPS) is 15.9. The molecule has 6 nitrogen and oxygen atoms in total. The molecule has 1 aromatic heterocycles. The van der Waals surface area contributed by atoms with E-state index in [4.69, 9.17) is 21.1 Å². The molecule has 1 amide bonds. The van der Waals surface area contributed by atoms with Gasteiger partial charge in [-0.3, -0.25) is 4.79 Å². The molecule has 1 atom stereocenters. The van der Waals surface area contributed by atoms with Crippen molar-refractivity contribution in [2.75, 3.05) is 14.2 Å². The van der Waals surface area contributed by atoms with Crippen molar-refractivity contribution in [3.8, 4) is 11.5 Å². The molecule has 1 aliphatic rings. The van der Waals surface area contributed by atoms with E-state index >= 15 is 0 Å². The zero-order valence-electron chi connectivity index (χ0n) is 17.1. The average Bonchev–Trinajstić information content (AvgIpc) is 3.23. The Morgan fingerprint density at radius 1 is 1.13 bits per heavy atom. The van der Waals surface area contributed by atoms with Gasteiger partial charge in [0, 0.05) is 29.9 Å². The molecule has 0 spiro atoms. The number of nitrogens with zero attached hydrogens (tertiary/aromatic N) is 3. The summed E-state index contributed by atoms with van der Waals surface area (Å²) >= 11 is 6.59. The Morgan fingerprint density at radius 2 is 1.83 bits per heavy atom. The summed E-state index contributed by atoms with van der Waals surface area (Å²) in [6.07, 6.45) is 0.918. The number of hydrazone groups is 1. The molecular formula is C23H22ClN3O3. The third-order valence-electron chi connectivity index (χ3n) is 5.24. The van der Waals surface area contributed by atoms with Gasteiger partial charge >= 0.3 is 0 Å². The molecule has 4 rings (SSSR count). The zero-order chi connectivity index (χ0) is 21.3. The number of halogens is 1. The first-order chi connectivity index (χ1) is 14.5. The number of hydrogen-bond acceptors (Lipinski definition) is 5. The number of carbonyl (C=O) groups is 1. The molecule has 0 bridgehead atoms. The first-order valence-electron chi connectivity index (χ1n) is 9.72. The monoisotopic (exact) mass is 423 g/mol. The number of ether oxygens (including phenoxy) is 2. The van der Waals surface area contributed by atoms with Crippen LogP contribution in [0.1, 0.15) is 36.9 Å². The van der Waals surface area contributed by atoms with E-state index in [0.717, 1.165) is 22.2 Å². The van der Waals surface area contributed by atoms with Crippen LogP contribution in [0, 0.1) is 0 Å². The maximum absolute atomic E-state index is 12.7. The molecular weight excluding hydrogens is 402 g/mol. The molecule has 0 saturated carbocycles. The number of benzene rings is 2. The SMILES string of the molecule is CCC(=O)N1N=C(c2ccccc2)C[C@H]1c1cc2cc(OC)c(OC)cc2nc1Cl. The molecule has 3 aromatic rings. The average molecular weight is 424 g/mol. The van der Waals surface area contributed by atoms with Crippen LogP contribution in [0.3, 0.4) is 0 Å². The van der Waals surface area contributed by atoms with Crippen molar-refractivity contribution in [2.24, 2.45) is 5.10 Å². The lowest BCUT2D eigenvalue weighted by Crippen LogP contribution is -2.26. The Morgan fingerprint density at radius 3 is 2.50 bits per heavy atom. The van der Waals surface area contributed by atoms with E-state index in [1.54, 1.807) is 20.3 Å². The number of fused-ring (bicyclic) bond motifs is 1.